The molecule has 2 aromatic carbocycles. The smallest absolute Gasteiger partial charge is 0.259 e. The zero-order chi connectivity index (χ0) is 20.7. The SMILES string of the molecule is COc1c(Cl)cc(Cl)cc1C(=O)Nc1ccc(-c2nn3c(C)nnc3s2)cc1C. The fraction of sp³-hybridized carbons (Fsp3) is 0.158. The number of hydrogen-bond acceptors (Lipinski definition) is 6. The maximum absolute atomic E-state index is 12.8. The monoisotopic (exact) mass is 447 g/mol. The van der Waals surface area contributed by atoms with Crippen LogP contribution in [0, 0.1) is 13.8 Å². The fourth-order valence-electron chi connectivity index (χ4n) is 2.89. The first-order valence-corrected chi connectivity index (χ1v) is 10.1. The van der Waals surface area contributed by atoms with Gasteiger partial charge in [0.15, 0.2) is 5.82 Å². The summed E-state index contributed by atoms with van der Waals surface area (Å²) >= 11 is 13.6. The van der Waals surface area contributed by atoms with Crippen molar-refractivity contribution in [1.82, 2.24) is 19.8 Å². The molecule has 0 saturated carbocycles. The van der Waals surface area contributed by atoms with E-state index in [2.05, 4.69) is 20.6 Å². The second-order valence-corrected chi connectivity index (χ2v) is 8.10. The second kappa shape index (κ2) is 7.62. The minimum absolute atomic E-state index is 0.262. The van der Waals surface area contributed by atoms with E-state index in [9.17, 15) is 4.79 Å². The van der Waals surface area contributed by atoms with E-state index in [4.69, 9.17) is 27.9 Å². The molecule has 0 aliphatic carbocycles. The number of halogens is 2. The summed E-state index contributed by atoms with van der Waals surface area (Å²) in [7, 11) is 1.45. The number of carbonyl (C=O) groups is 1. The van der Waals surface area contributed by atoms with Gasteiger partial charge in [0.2, 0.25) is 4.96 Å². The van der Waals surface area contributed by atoms with E-state index in [1.54, 1.807) is 4.52 Å². The number of aryl methyl sites for hydroxylation is 2. The lowest BCUT2D eigenvalue weighted by Gasteiger charge is -2.13. The molecule has 0 fully saturated rings. The lowest BCUT2D eigenvalue weighted by Crippen LogP contribution is -2.14. The molecule has 0 spiro atoms. The van der Waals surface area contributed by atoms with Gasteiger partial charge in [-0.15, -0.1) is 10.2 Å². The van der Waals surface area contributed by atoms with E-state index in [0.717, 1.165) is 26.9 Å². The van der Waals surface area contributed by atoms with Gasteiger partial charge in [-0.1, -0.05) is 34.5 Å². The maximum atomic E-state index is 12.8. The molecule has 0 aliphatic heterocycles. The molecule has 0 saturated heterocycles. The Labute approximate surface area is 180 Å². The van der Waals surface area contributed by atoms with Crippen molar-refractivity contribution in [3.05, 3.63) is 57.3 Å². The van der Waals surface area contributed by atoms with Crippen molar-refractivity contribution in [2.45, 2.75) is 13.8 Å². The average molecular weight is 448 g/mol. The lowest BCUT2D eigenvalue weighted by molar-refractivity contribution is 0.102. The molecule has 1 amide bonds. The van der Waals surface area contributed by atoms with Crippen LogP contribution in [0.3, 0.4) is 0 Å². The third-order valence-corrected chi connectivity index (χ3v) is 5.77. The van der Waals surface area contributed by atoms with Gasteiger partial charge in [-0.3, -0.25) is 4.79 Å². The normalized spacial score (nSPS) is 11.1. The van der Waals surface area contributed by atoms with Gasteiger partial charge in [0.25, 0.3) is 5.91 Å². The number of carbonyl (C=O) groups excluding carboxylic acids is 1. The zero-order valence-corrected chi connectivity index (χ0v) is 18.0. The van der Waals surface area contributed by atoms with E-state index < -0.39 is 0 Å². The van der Waals surface area contributed by atoms with Crippen molar-refractivity contribution in [1.29, 1.82) is 0 Å². The van der Waals surface area contributed by atoms with E-state index in [1.165, 1.54) is 30.6 Å². The Bertz CT molecular complexity index is 1250. The summed E-state index contributed by atoms with van der Waals surface area (Å²) < 4.78 is 6.96. The minimum Gasteiger partial charge on any atom is -0.494 e. The predicted octanol–water partition coefficient (Wildman–Crippen LogP) is 5.04. The van der Waals surface area contributed by atoms with Gasteiger partial charge in [-0.25, -0.2) is 0 Å². The summed E-state index contributed by atoms with van der Waals surface area (Å²) in [6.07, 6.45) is 0. The Kier molecular flexibility index (Phi) is 5.16. The van der Waals surface area contributed by atoms with Crippen LogP contribution >= 0.6 is 34.5 Å². The minimum atomic E-state index is -0.364. The van der Waals surface area contributed by atoms with Gasteiger partial charge in [-0.2, -0.15) is 9.61 Å². The zero-order valence-electron chi connectivity index (χ0n) is 15.7. The first-order valence-electron chi connectivity index (χ1n) is 8.51. The van der Waals surface area contributed by atoms with Crippen LogP contribution in [0.4, 0.5) is 5.69 Å². The standard InChI is InChI=1S/C19H15Cl2N5O2S/c1-9-6-11(18-25-26-10(2)23-24-19(26)29-18)4-5-15(9)22-17(27)13-7-12(20)8-14(21)16(13)28-3/h4-8H,1-3H3,(H,22,27). The molecule has 4 rings (SSSR count). The number of hydrogen-bond donors (Lipinski definition) is 1. The summed E-state index contributed by atoms with van der Waals surface area (Å²) in [5.41, 5.74) is 2.73. The van der Waals surface area contributed by atoms with Crippen LogP contribution in [0.15, 0.2) is 30.3 Å². The summed E-state index contributed by atoms with van der Waals surface area (Å²) in [6, 6.07) is 8.73. The summed E-state index contributed by atoms with van der Waals surface area (Å²) in [5.74, 6) is 0.645. The highest BCUT2D eigenvalue weighted by Gasteiger charge is 2.18. The molecule has 0 bridgehead atoms. The molecule has 1 N–H and O–H groups in total. The van der Waals surface area contributed by atoms with E-state index >= 15 is 0 Å². The number of nitrogens with one attached hydrogen (secondary N) is 1. The molecule has 29 heavy (non-hydrogen) atoms. The number of benzene rings is 2. The van der Waals surface area contributed by atoms with Gasteiger partial charge >= 0.3 is 0 Å². The molecular formula is C19H15Cl2N5O2S. The number of fused-ring (bicyclic) bond motifs is 1. The number of methoxy groups -OCH3 is 1. The van der Waals surface area contributed by atoms with Gasteiger partial charge in [0, 0.05) is 16.3 Å². The van der Waals surface area contributed by atoms with Crippen LogP contribution in [0.1, 0.15) is 21.7 Å². The third kappa shape index (κ3) is 3.66. The molecule has 7 nitrogen and oxygen atoms in total. The third-order valence-electron chi connectivity index (χ3n) is 4.33. The average Bonchev–Trinajstić information content (AvgIpc) is 3.25. The van der Waals surface area contributed by atoms with Crippen molar-refractivity contribution >= 4 is 51.1 Å². The van der Waals surface area contributed by atoms with Gasteiger partial charge in [0.1, 0.15) is 10.8 Å². The van der Waals surface area contributed by atoms with Crippen LogP contribution in [-0.4, -0.2) is 32.8 Å². The highest BCUT2D eigenvalue weighted by Crippen LogP contribution is 2.33. The maximum Gasteiger partial charge on any atom is 0.259 e. The molecule has 0 radical (unpaired) electrons. The summed E-state index contributed by atoms with van der Waals surface area (Å²) in [6.45, 7) is 3.76. The number of nitrogens with zero attached hydrogens (tertiary/aromatic N) is 4. The molecular weight excluding hydrogens is 433 g/mol. The Morgan fingerprint density at radius 2 is 1.97 bits per heavy atom. The molecule has 0 atom stereocenters. The molecule has 0 aliphatic rings. The first-order chi connectivity index (χ1) is 13.9. The van der Waals surface area contributed by atoms with Crippen molar-refractivity contribution in [2.75, 3.05) is 12.4 Å². The second-order valence-electron chi connectivity index (χ2n) is 6.30. The number of amides is 1. The molecule has 10 heteroatoms. The van der Waals surface area contributed by atoms with Crippen LogP contribution in [0.25, 0.3) is 15.5 Å². The van der Waals surface area contributed by atoms with Gasteiger partial charge in [0.05, 0.1) is 17.7 Å². The summed E-state index contributed by atoms with van der Waals surface area (Å²) in [4.78, 5) is 13.5. The number of ether oxygens (including phenoxy) is 1. The molecule has 2 heterocycles. The van der Waals surface area contributed by atoms with Crippen LogP contribution in [0.5, 0.6) is 5.75 Å². The molecule has 148 valence electrons. The van der Waals surface area contributed by atoms with Crippen molar-refractivity contribution in [3.63, 3.8) is 0 Å². The Hall–Kier alpha value is -2.68. The Morgan fingerprint density at radius 1 is 1.17 bits per heavy atom. The van der Waals surface area contributed by atoms with Gasteiger partial charge in [-0.05, 0) is 49.7 Å². The number of rotatable bonds is 4. The summed E-state index contributed by atoms with van der Waals surface area (Å²) in [5, 5.41) is 17.0. The van der Waals surface area contributed by atoms with E-state index in [1.807, 2.05) is 32.0 Å². The van der Waals surface area contributed by atoms with Crippen molar-refractivity contribution in [2.24, 2.45) is 0 Å². The highest BCUT2D eigenvalue weighted by molar-refractivity contribution is 7.19. The number of anilines is 1. The molecule has 0 unspecified atom stereocenters. The highest BCUT2D eigenvalue weighted by atomic mass is 35.5. The predicted molar refractivity (Wildman–Crippen MR) is 115 cm³/mol. The van der Waals surface area contributed by atoms with E-state index in [-0.39, 0.29) is 22.2 Å². The first kappa shape index (κ1) is 19.6. The fourth-order valence-corrected chi connectivity index (χ4v) is 4.35. The van der Waals surface area contributed by atoms with Crippen LogP contribution in [-0.2, 0) is 0 Å². The van der Waals surface area contributed by atoms with Crippen LogP contribution < -0.4 is 10.1 Å². The van der Waals surface area contributed by atoms with Crippen molar-refractivity contribution < 1.29 is 9.53 Å². The van der Waals surface area contributed by atoms with E-state index in [0.29, 0.717) is 10.7 Å². The molecule has 2 aromatic heterocycles. The number of aromatic nitrogens is 4. The van der Waals surface area contributed by atoms with Crippen molar-refractivity contribution in [3.8, 4) is 16.3 Å². The largest absolute Gasteiger partial charge is 0.494 e. The Morgan fingerprint density at radius 3 is 2.66 bits per heavy atom. The topological polar surface area (TPSA) is 81.4 Å². The van der Waals surface area contributed by atoms with Gasteiger partial charge < -0.3 is 10.1 Å². The quantitative estimate of drug-likeness (QED) is 0.473. The molecule has 4 aromatic rings. The van der Waals surface area contributed by atoms with Crippen LogP contribution in [0.2, 0.25) is 10.0 Å². The Balaban J connectivity index is 1.63. The lowest BCUT2D eigenvalue weighted by atomic mass is 10.1.